The highest BCUT2D eigenvalue weighted by Gasteiger charge is 2.55. The monoisotopic (exact) mass is 557 g/mol. The van der Waals surface area contributed by atoms with Crippen molar-refractivity contribution >= 4 is 58.6 Å². The van der Waals surface area contributed by atoms with Crippen LogP contribution in [0.3, 0.4) is 0 Å². The van der Waals surface area contributed by atoms with Crippen LogP contribution in [0, 0.1) is 0 Å². The first-order valence-corrected chi connectivity index (χ1v) is 12.5. The van der Waals surface area contributed by atoms with E-state index >= 15 is 0 Å². The van der Waals surface area contributed by atoms with Crippen molar-refractivity contribution < 1.29 is 33.9 Å². The van der Waals surface area contributed by atoms with Gasteiger partial charge in [-0.05, 0) is 29.1 Å². The Morgan fingerprint density at radius 3 is 2.67 bits per heavy atom. The van der Waals surface area contributed by atoms with E-state index in [2.05, 4.69) is 20.8 Å². The van der Waals surface area contributed by atoms with E-state index in [-0.39, 0.29) is 22.2 Å². The van der Waals surface area contributed by atoms with E-state index < -0.39 is 51.7 Å². The Balaban J connectivity index is 1.54. The smallest absolute Gasteiger partial charge is 0.352 e. The summed E-state index contributed by atoms with van der Waals surface area (Å²) < 4.78 is 11.9. The molecule has 1 amide bonds. The topological polar surface area (TPSA) is 206 Å². The van der Waals surface area contributed by atoms with Crippen LogP contribution in [-0.4, -0.2) is 93.0 Å². The van der Waals surface area contributed by atoms with Crippen molar-refractivity contribution in [2.24, 2.45) is 7.05 Å². The molecule has 2 unspecified atom stereocenters. The number of methoxy groups -OCH3 is 1. The Morgan fingerprint density at radius 2 is 2.08 bits per heavy atom. The zero-order valence-corrected chi connectivity index (χ0v) is 21.3. The van der Waals surface area contributed by atoms with Crippen molar-refractivity contribution in [2.45, 2.75) is 34.8 Å². The van der Waals surface area contributed by atoms with Crippen molar-refractivity contribution in [1.82, 2.24) is 35.6 Å². The van der Waals surface area contributed by atoms with Crippen molar-refractivity contribution in [3.8, 4) is 0 Å². The average molecular weight is 558 g/mol. The number of hydrogen-bond acceptors (Lipinski definition) is 12. The lowest BCUT2D eigenvalue weighted by Crippen LogP contribution is -2.70. The summed E-state index contributed by atoms with van der Waals surface area (Å²) in [5.74, 6) is -4.10. The number of carbonyl (C=O) groups is 3. The summed E-state index contributed by atoms with van der Waals surface area (Å²) in [5.41, 5.74) is -2.07. The molecule has 0 bridgehead atoms. The third kappa shape index (κ3) is 4.40. The molecule has 15 nitrogen and oxygen atoms in total. The molecule has 1 saturated heterocycles. The number of H-pyrrole nitrogens is 1. The number of carbonyl (C=O) groups excluding carboxylic acids is 1. The van der Waals surface area contributed by atoms with Crippen LogP contribution in [0.1, 0.15) is 29.0 Å². The number of hydrogen-bond donors (Lipinski definition) is 4. The SMILES string of the molecule is COC(Sc1nnnn1C)C1=C(C(=O)O)N2C(=O)[C@@H](NC(=S)C(C)c3o[nH]c(=O)c3C(=O)O)[C@@H]2SC1. The van der Waals surface area contributed by atoms with Gasteiger partial charge in [-0.15, -0.1) is 16.9 Å². The number of fused-ring (bicyclic) bond motifs is 1. The lowest BCUT2D eigenvalue weighted by molar-refractivity contribution is -0.148. The van der Waals surface area contributed by atoms with Gasteiger partial charge < -0.3 is 24.8 Å². The van der Waals surface area contributed by atoms with Crippen LogP contribution in [0.5, 0.6) is 0 Å². The summed E-state index contributed by atoms with van der Waals surface area (Å²) in [6, 6.07) is -0.864. The van der Waals surface area contributed by atoms with E-state index in [1.807, 2.05) is 5.16 Å². The summed E-state index contributed by atoms with van der Waals surface area (Å²) in [6.07, 6.45) is 0. The summed E-state index contributed by atoms with van der Waals surface area (Å²) in [5, 5.41) is 35.0. The van der Waals surface area contributed by atoms with E-state index in [1.54, 1.807) is 7.05 Å². The van der Waals surface area contributed by atoms with Gasteiger partial charge in [0, 0.05) is 25.5 Å². The molecule has 0 aliphatic carbocycles. The molecule has 0 spiro atoms. The standard InChI is InChI=1S/C18H19N7O8S3/c1-5(10-7(15(28)29)11(26)21-33-10)12(34)19-8-13(27)25-9(16(30)31)6(4-35-14(8)25)17(32-3)36-18-20-22-23-24(18)2/h5,8,14,17H,4H2,1-3H3,(H,19,34)(H,21,26)(H,28,29)(H,30,31)/t5?,8-,14+,17?/m1/s1. The fourth-order valence-corrected chi connectivity index (χ4v) is 6.33. The number of aryl methyl sites for hydroxylation is 1. The number of carboxylic acid groups (broad SMARTS) is 2. The normalized spacial score (nSPS) is 21.0. The lowest BCUT2D eigenvalue weighted by Gasteiger charge is -2.50. The van der Waals surface area contributed by atoms with E-state index in [9.17, 15) is 29.4 Å². The van der Waals surface area contributed by atoms with Crippen LogP contribution < -0.4 is 10.9 Å². The molecule has 4 N–H and O–H groups in total. The molecule has 4 rings (SSSR count). The minimum absolute atomic E-state index is 0.0607. The Morgan fingerprint density at radius 1 is 1.36 bits per heavy atom. The van der Waals surface area contributed by atoms with Crippen molar-refractivity contribution in [3.63, 3.8) is 0 Å². The van der Waals surface area contributed by atoms with Gasteiger partial charge in [0.15, 0.2) is 11.3 Å². The molecule has 2 aliphatic heterocycles. The third-order valence-electron chi connectivity index (χ3n) is 5.52. The summed E-state index contributed by atoms with van der Waals surface area (Å²) in [4.78, 5) is 49.6. The molecule has 18 heteroatoms. The van der Waals surface area contributed by atoms with Crippen molar-refractivity contribution in [3.05, 3.63) is 32.9 Å². The summed E-state index contributed by atoms with van der Waals surface area (Å²) >= 11 is 7.76. The van der Waals surface area contributed by atoms with E-state index in [0.717, 1.165) is 16.7 Å². The Bertz CT molecular complexity index is 1330. The number of nitrogens with zero attached hydrogens (tertiary/aromatic N) is 5. The van der Waals surface area contributed by atoms with Crippen LogP contribution in [0.25, 0.3) is 0 Å². The van der Waals surface area contributed by atoms with Crippen molar-refractivity contribution in [2.75, 3.05) is 12.9 Å². The summed E-state index contributed by atoms with van der Waals surface area (Å²) in [7, 11) is 3.04. The zero-order valence-electron chi connectivity index (χ0n) is 18.8. The number of β-lactam (4-membered cyclic amide) rings is 1. The van der Waals surface area contributed by atoms with Gasteiger partial charge in [0.05, 0.1) is 10.9 Å². The maximum atomic E-state index is 13.0. The third-order valence-corrected chi connectivity index (χ3v) is 8.54. The van der Waals surface area contributed by atoms with Gasteiger partial charge >= 0.3 is 11.9 Å². The Labute approximate surface area is 215 Å². The largest absolute Gasteiger partial charge is 0.477 e. The number of amides is 1. The lowest BCUT2D eigenvalue weighted by atomic mass is 10.00. The number of tetrazole rings is 1. The molecule has 2 aromatic rings. The number of ether oxygens (including phenoxy) is 1. The van der Waals surface area contributed by atoms with Gasteiger partial charge in [-0.1, -0.05) is 12.2 Å². The number of thioether (sulfide) groups is 2. The first-order chi connectivity index (χ1) is 17.1. The number of aromatic nitrogens is 5. The van der Waals surface area contributed by atoms with Gasteiger partial charge in [-0.25, -0.2) is 14.3 Å². The molecule has 2 aromatic heterocycles. The minimum Gasteiger partial charge on any atom is -0.477 e. The predicted octanol–water partition coefficient (Wildman–Crippen LogP) is -0.403. The number of aromatic carboxylic acids is 1. The maximum Gasteiger partial charge on any atom is 0.352 e. The van der Waals surface area contributed by atoms with E-state index in [0.29, 0.717) is 10.7 Å². The van der Waals surface area contributed by atoms with Crippen LogP contribution in [0.15, 0.2) is 25.7 Å². The van der Waals surface area contributed by atoms with Crippen LogP contribution >= 0.6 is 35.7 Å². The molecule has 36 heavy (non-hydrogen) atoms. The van der Waals surface area contributed by atoms with Gasteiger partial charge in [0.1, 0.15) is 22.5 Å². The Kier molecular flexibility index (Phi) is 7.21. The second-order valence-electron chi connectivity index (χ2n) is 7.64. The molecular weight excluding hydrogens is 538 g/mol. The van der Waals surface area contributed by atoms with Crippen LogP contribution in [0.4, 0.5) is 0 Å². The number of carboxylic acids is 2. The second kappa shape index (κ2) is 10.0. The molecular formula is C18H19N7O8S3. The highest BCUT2D eigenvalue weighted by atomic mass is 32.2. The van der Waals surface area contributed by atoms with Crippen LogP contribution in [0.2, 0.25) is 0 Å². The molecule has 0 saturated carbocycles. The molecule has 1 fully saturated rings. The highest BCUT2D eigenvalue weighted by Crippen LogP contribution is 2.44. The minimum atomic E-state index is -1.48. The van der Waals surface area contributed by atoms with Crippen LogP contribution in [-0.2, 0) is 21.4 Å². The number of rotatable bonds is 9. The molecule has 2 aliphatic rings. The molecule has 0 aromatic carbocycles. The predicted molar refractivity (Wildman–Crippen MR) is 127 cm³/mol. The van der Waals surface area contributed by atoms with Gasteiger partial charge in [-0.3, -0.25) is 14.5 Å². The van der Waals surface area contributed by atoms with Crippen molar-refractivity contribution in [1.29, 1.82) is 0 Å². The van der Waals surface area contributed by atoms with E-state index in [4.69, 9.17) is 21.5 Å². The first-order valence-electron chi connectivity index (χ1n) is 10.1. The summed E-state index contributed by atoms with van der Waals surface area (Å²) in [6.45, 7) is 1.52. The fraction of sp³-hybridized carbons (Fsp3) is 0.444. The molecule has 0 radical (unpaired) electrons. The quantitative estimate of drug-likeness (QED) is 0.134. The number of aliphatic carboxylic acids is 1. The molecule has 4 heterocycles. The van der Waals surface area contributed by atoms with Gasteiger partial charge in [-0.2, -0.15) is 5.16 Å². The Hall–Kier alpha value is -3.22. The van der Waals surface area contributed by atoms with E-state index in [1.165, 1.54) is 30.5 Å². The number of thiocarbonyl (C=S) groups is 1. The van der Waals surface area contributed by atoms with Gasteiger partial charge in [0.2, 0.25) is 5.16 Å². The fourth-order valence-electron chi connectivity index (χ4n) is 3.72. The average Bonchev–Trinajstić information content (AvgIpc) is 3.43. The van der Waals surface area contributed by atoms with Gasteiger partial charge in [0.25, 0.3) is 11.5 Å². The highest BCUT2D eigenvalue weighted by molar-refractivity contribution is 8.01. The number of aromatic amines is 1. The first kappa shape index (κ1) is 25.9. The maximum absolute atomic E-state index is 13.0. The second-order valence-corrected chi connectivity index (χ2v) is 10.2. The molecule has 192 valence electrons. The number of nitrogens with one attached hydrogen (secondary N) is 2. The zero-order chi connectivity index (χ0) is 26.3. The molecule has 4 atom stereocenters.